The Morgan fingerprint density at radius 3 is 2.67 bits per heavy atom. The zero-order valence-corrected chi connectivity index (χ0v) is 10.1. The molecule has 0 fully saturated rings. The van der Waals surface area contributed by atoms with Crippen molar-refractivity contribution in [2.24, 2.45) is 0 Å². The van der Waals surface area contributed by atoms with Gasteiger partial charge in [-0.25, -0.2) is 0 Å². The van der Waals surface area contributed by atoms with Crippen molar-refractivity contribution in [3.05, 3.63) is 65.6 Å². The van der Waals surface area contributed by atoms with E-state index in [9.17, 15) is 5.11 Å². The second-order valence-electron chi connectivity index (χ2n) is 4.37. The van der Waals surface area contributed by atoms with Gasteiger partial charge in [0, 0.05) is 28.4 Å². The molecule has 0 aliphatic carbocycles. The van der Waals surface area contributed by atoms with E-state index in [1.165, 1.54) is 0 Å². The minimum absolute atomic E-state index is 0.672. The van der Waals surface area contributed by atoms with Gasteiger partial charge in [0.05, 0.1) is 5.69 Å². The number of nitrogens with one attached hydrogen (secondary N) is 1. The summed E-state index contributed by atoms with van der Waals surface area (Å²) in [5.41, 5.74) is 3.60. The van der Waals surface area contributed by atoms with Crippen LogP contribution < -0.4 is 0 Å². The number of H-pyrrole nitrogens is 1. The predicted molar refractivity (Wildman–Crippen MR) is 71.3 cm³/mol. The van der Waals surface area contributed by atoms with Gasteiger partial charge in [-0.15, -0.1) is 0 Å². The molecule has 0 saturated carbocycles. The highest BCUT2D eigenvalue weighted by molar-refractivity contribution is 5.85. The number of aliphatic hydroxyl groups excluding tert-OH is 1. The number of para-hydroxylation sites is 1. The first kappa shape index (κ1) is 11.0. The molecule has 3 heteroatoms. The van der Waals surface area contributed by atoms with Crippen molar-refractivity contribution in [1.29, 1.82) is 0 Å². The summed E-state index contributed by atoms with van der Waals surface area (Å²) in [4.78, 5) is 7.51. The zero-order chi connectivity index (χ0) is 12.5. The van der Waals surface area contributed by atoms with Gasteiger partial charge in [0.1, 0.15) is 6.10 Å². The summed E-state index contributed by atoms with van der Waals surface area (Å²) in [5.74, 6) is 0. The Kier molecular flexibility index (Phi) is 2.61. The van der Waals surface area contributed by atoms with Gasteiger partial charge in [-0.05, 0) is 25.1 Å². The largest absolute Gasteiger partial charge is 0.382 e. The zero-order valence-electron chi connectivity index (χ0n) is 10.1. The van der Waals surface area contributed by atoms with Crippen molar-refractivity contribution in [1.82, 2.24) is 9.97 Å². The summed E-state index contributed by atoms with van der Waals surface area (Å²) >= 11 is 0. The fourth-order valence-corrected chi connectivity index (χ4v) is 2.34. The average Bonchev–Trinajstić information content (AvgIpc) is 2.75. The fourth-order valence-electron chi connectivity index (χ4n) is 2.34. The van der Waals surface area contributed by atoms with Crippen LogP contribution in [0.5, 0.6) is 0 Å². The number of aryl methyl sites for hydroxylation is 1. The molecule has 3 aromatic rings. The second kappa shape index (κ2) is 4.27. The lowest BCUT2D eigenvalue weighted by atomic mass is 10.0. The van der Waals surface area contributed by atoms with Crippen LogP contribution in [0.15, 0.2) is 48.7 Å². The van der Waals surface area contributed by atoms with E-state index in [0.717, 1.165) is 22.2 Å². The van der Waals surface area contributed by atoms with Crippen LogP contribution in [-0.2, 0) is 0 Å². The van der Waals surface area contributed by atoms with E-state index >= 15 is 0 Å². The van der Waals surface area contributed by atoms with Gasteiger partial charge in [-0.3, -0.25) is 4.98 Å². The normalized spacial score (nSPS) is 12.8. The molecule has 0 aliphatic heterocycles. The molecule has 18 heavy (non-hydrogen) atoms. The van der Waals surface area contributed by atoms with E-state index in [1.807, 2.05) is 49.4 Å². The molecule has 0 spiro atoms. The second-order valence-corrected chi connectivity index (χ2v) is 4.37. The smallest absolute Gasteiger partial charge is 0.123 e. The van der Waals surface area contributed by atoms with E-state index in [1.54, 1.807) is 6.20 Å². The number of hydrogen-bond donors (Lipinski definition) is 2. The molecule has 1 unspecified atom stereocenters. The molecule has 0 radical (unpaired) electrons. The van der Waals surface area contributed by atoms with Crippen LogP contribution in [0, 0.1) is 6.92 Å². The van der Waals surface area contributed by atoms with Gasteiger partial charge in [-0.1, -0.05) is 24.3 Å². The number of rotatable bonds is 2. The van der Waals surface area contributed by atoms with Gasteiger partial charge in [0.2, 0.25) is 0 Å². The Balaban J connectivity index is 2.17. The van der Waals surface area contributed by atoms with Crippen LogP contribution in [0.1, 0.15) is 23.1 Å². The van der Waals surface area contributed by atoms with E-state index < -0.39 is 6.10 Å². The molecule has 3 rings (SSSR count). The van der Waals surface area contributed by atoms with Crippen LogP contribution in [-0.4, -0.2) is 15.1 Å². The quantitative estimate of drug-likeness (QED) is 0.721. The standard InChI is InChI=1S/C15H14N2O/c1-10-14(11-6-2-3-7-12(11)17-10)15(18)13-8-4-5-9-16-13/h2-9,15,17-18H,1H3. The van der Waals surface area contributed by atoms with Crippen molar-refractivity contribution in [3.8, 4) is 0 Å². The van der Waals surface area contributed by atoms with Crippen molar-refractivity contribution in [2.75, 3.05) is 0 Å². The van der Waals surface area contributed by atoms with E-state index in [0.29, 0.717) is 5.69 Å². The number of hydrogen-bond acceptors (Lipinski definition) is 2. The highest BCUT2D eigenvalue weighted by Gasteiger charge is 2.18. The van der Waals surface area contributed by atoms with Crippen molar-refractivity contribution >= 4 is 10.9 Å². The first-order chi connectivity index (χ1) is 8.77. The SMILES string of the molecule is Cc1[nH]c2ccccc2c1C(O)c1ccccn1. The van der Waals surface area contributed by atoms with Gasteiger partial charge >= 0.3 is 0 Å². The Bertz CT molecular complexity index is 673. The lowest BCUT2D eigenvalue weighted by Crippen LogP contribution is -2.02. The van der Waals surface area contributed by atoms with Crippen LogP contribution in [0.25, 0.3) is 10.9 Å². The molecule has 0 aliphatic rings. The minimum atomic E-state index is -0.692. The Morgan fingerprint density at radius 2 is 1.89 bits per heavy atom. The fraction of sp³-hybridized carbons (Fsp3) is 0.133. The number of benzene rings is 1. The topological polar surface area (TPSA) is 48.9 Å². The number of aromatic nitrogens is 2. The molecule has 0 amide bonds. The summed E-state index contributed by atoms with van der Waals surface area (Å²) in [5, 5.41) is 11.5. The molecule has 1 aromatic carbocycles. The van der Waals surface area contributed by atoms with Crippen molar-refractivity contribution in [3.63, 3.8) is 0 Å². The maximum atomic E-state index is 10.5. The maximum absolute atomic E-state index is 10.5. The van der Waals surface area contributed by atoms with Gasteiger partial charge < -0.3 is 10.1 Å². The highest BCUT2D eigenvalue weighted by Crippen LogP contribution is 2.30. The van der Waals surface area contributed by atoms with Crippen LogP contribution >= 0.6 is 0 Å². The van der Waals surface area contributed by atoms with E-state index in [2.05, 4.69) is 9.97 Å². The number of pyridine rings is 1. The summed E-state index contributed by atoms with van der Waals surface area (Å²) in [6.45, 7) is 1.97. The molecule has 2 N–H and O–H groups in total. The minimum Gasteiger partial charge on any atom is -0.382 e. The number of fused-ring (bicyclic) bond motifs is 1. The molecule has 3 nitrogen and oxygen atoms in total. The van der Waals surface area contributed by atoms with Gasteiger partial charge in [0.25, 0.3) is 0 Å². The number of nitrogens with zero attached hydrogens (tertiary/aromatic N) is 1. The molecule has 0 saturated heterocycles. The molecular weight excluding hydrogens is 224 g/mol. The third kappa shape index (κ3) is 1.69. The van der Waals surface area contributed by atoms with Crippen LogP contribution in [0.3, 0.4) is 0 Å². The van der Waals surface area contributed by atoms with Gasteiger partial charge in [-0.2, -0.15) is 0 Å². The third-order valence-corrected chi connectivity index (χ3v) is 3.18. The average molecular weight is 238 g/mol. The summed E-state index contributed by atoms with van der Waals surface area (Å²) in [7, 11) is 0. The number of aromatic amines is 1. The van der Waals surface area contributed by atoms with E-state index in [4.69, 9.17) is 0 Å². The first-order valence-corrected chi connectivity index (χ1v) is 5.93. The Morgan fingerprint density at radius 1 is 1.11 bits per heavy atom. The highest BCUT2D eigenvalue weighted by atomic mass is 16.3. The number of aliphatic hydroxyl groups is 1. The van der Waals surface area contributed by atoms with E-state index in [-0.39, 0.29) is 0 Å². The molecule has 2 aromatic heterocycles. The summed E-state index contributed by atoms with van der Waals surface area (Å²) in [6.07, 6.45) is 1.00. The van der Waals surface area contributed by atoms with Crippen molar-refractivity contribution < 1.29 is 5.11 Å². The molecule has 0 bridgehead atoms. The van der Waals surface area contributed by atoms with Crippen LogP contribution in [0.2, 0.25) is 0 Å². The van der Waals surface area contributed by atoms with Gasteiger partial charge in [0.15, 0.2) is 0 Å². The Hall–Kier alpha value is -2.13. The lowest BCUT2D eigenvalue weighted by Gasteiger charge is -2.10. The predicted octanol–water partition coefficient (Wildman–Crippen LogP) is 2.95. The first-order valence-electron chi connectivity index (χ1n) is 5.93. The molecular formula is C15H14N2O. The summed E-state index contributed by atoms with van der Waals surface area (Å²) < 4.78 is 0. The summed E-state index contributed by atoms with van der Waals surface area (Å²) in [6, 6.07) is 13.6. The Labute approximate surface area is 105 Å². The maximum Gasteiger partial charge on any atom is 0.123 e. The monoisotopic (exact) mass is 238 g/mol. The molecule has 1 atom stereocenters. The van der Waals surface area contributed by atoms with Crippen LogP contribution in [0.4, 0.5) is 0 Å². The lowest BCUT2D eigenvalue weighted by molar-refractivity contribution is 0.216. The molecule has 2 heterocycles. The molecule has 90 valence electrons. The van der Waals surface area contributed by atoms with Crippen molar-refractivity contribution in [2.45, 2.75) is 13.0 Å². The third-order valence-electron chi connectivity index (χ3n) is 3.18.